The first-order valence-electron chi connectivity index (χ1n) is 8.40. The van der Waals surface area contributed by atoms with E-state index in [1.54, 1.807) is 0 Å². The SMILES string of the molecule is COC(=O)c1ccc2c(=O)[nH]c(Cn3nc(-c4ccc(F)cc4)oc3=O)nc2c1. The number of nitrogens with one attached hydrogen (secondary N) is 1. The molecule has 4 rings (SSSR count). The molecule has 0 aliphatic heterocycles. The summed E-state index contributed by atoms with van der Waals surface area (Å²) < 4.78 is 23.8. The van der Waals surface area contributed by atoms with Crippen molar-refractivity contribution in [2.24, 2.45) is 0 Å². The fourth-order valence-corrected chi connectivity index (χ4v) is 2.76. The third-order valence-electron chi connectivity index (χ3n) is 4.17. The highest BCUT2D eigenvalue weighted by atomic mass is 19.1. The van der Waals surface area contributed by atoms with Crippen LogP contribution in [-0.2, 0) is 11.3 Å². The van der Waals surface area contributed by atoms with Crippen molar-refractivity contribution >= 4 is 16.9 Å². The Morgan fingerprint density at radius 1 is 1.21 bits per heavy atom. The lowest BCUT2D eigenvalue weighted by molar-refractivity contribution is 0.0601. The predicted molar refractivity (Wildman–Crippen MR) is 99.0 cm³/mol. The summed E-state index contributed by atoms with van der Waals surface area (Å²) in [5.41, 5.74) is 0.491. The highest BCUT2D eigenvalue weighted by Crippen LogP contribution is 2.16. The largest absolute Gasteiger partial charge is 0.465 e. The van der Waals surface area contributed by atoms with Crippen molar-refractivity contribution in [3.05, 3.63) is 80.6 Å². The Hall–Kier alpha value is -4.08. The number of halogens is 1. The fourth-order valence-electron chi connectivity index (χ4n) is 2.76. The van der Waals surface area contributed by atoms with Gasteiger partial charge in [-0.3, -0.25) is 4.79 Å². The molecule has 0 radical (unpaired) electrons. The van der Waals surface area contributed by atoms with E-state index in [0.717, 1.165) is 4.68 Å². The number of benzene rings is 2. The number of carbonyl (C=O) groups is 1. The van der Waals surface area contributed by atoms with Gasteiger partial charge in [0.05, 0.1) is 23.6 Å². The van der Waals surface area contributed by atoms with Crippen LogP contribution in [-0.4, -0.2) is 32.8 Å². The Balaban J connectivity index is 1.70. The number of aromatic amines is 1. The van der Waals surface area contributed by atoms with Crippen molar-refractivity contribution < 1.29 is 18.3 Å². The average Bonchev–Trinajstić information content (AvgIpc) is 3.07. The van der Waals surface area contributed by atoms with Gasteiger partial charge in [-0.05, 0) is 42.5 Å². The number of aromatic nitrogens is 4. The highest BCUT2D eigenvalue weighted by Gasteiger charge is 2.14. The fraction of sp³-hybridized carbons (Fsp3) is 0.105. The van der Waals surface area contributed by atoms with Gasteiger partial charge in [-0.2, -0.15) is 4.68 Å². The number of hydrogen-bond donors (Lipinski definition) is 1. The Morgan fingerprint density at radius 2 is 1.97 bits per heavy atom. The van der Waals surface area contributed by atoms with Crippen LogP contribution >= 0.6 is 0 Å². The normalized spacial score (nSPS) is 11.0. The van der Waals surface area contributed by atoms with E-state index >= 15 is 0 Å². The van der Waals surface area contributed by atoms with Gasteiger partial charge in [0.2, 0.25) is 5.89 Å². The maximum atomic E-state index is 13.1. The second-order valence-corrected chi connectivity index (χ2v) is 6.07. The lowest BCUT2D eigenvalue weighted by Gasteiger charge is -2.04. The first-order valence-corrected chi connectivity index (χ1v) is 8.40. The molecule has 0 unspecified atom stereocenters. The van der Waals surface area contributed by atoms with Crippen LogP contribution in [0.1, 0.15) is 16.2 Å². The minimum atomic E-state index is -0.768. The van der Waals surface area contributed by atoms with Crippen LogP contribution in [0.4, 0.5) is 4.39 Å². The molecule has 146 valence electrons. The van der Waals surface area contributed by atoms with Gasteiger partial charge in [-0.1, -0.05) is 0 Å². The van der Waals surface area contributed by atoms with Crippen molar-refractivity contribution in [1.29, 1.82) is 0 Å². The zero-order chi connectivity index (χ0) is 20.5. The number of methoxy groups -OCH3 is 1. The Kier molecular flexibility index (Phi) is 4.51. The van der Waals surface area contributed by atoms with Gasteiger partial charge >= 0.3 is 11.7 Å². The molecule has 29 heavy (non-hydrogen) atoms. The Labute approximate surface area is 161 Å². The van der Waals surface area contributed by atoms with Crippen LogP contribution in [0.2, 0.25) is 0 Å². The molecule has 4 aromatic rings. The standard InChI is InChI=1S/C19H13FN4O5/c1-28-18(26)11-4-7-13-14(8-11)21-15(22-16(13)25)9-24-19(27)29-17(23-24)10-2-5-12(20)6-3-10/h2-8H,9H2,1H3,(H,21,22,25). The van der Waals surface area contributed by atoms with Crippen LogP contribution in [0.3, 0.4) is 0 Å². The van der Waals surface area contributed by atoms with Crippen LogP contribution in [0.15, 0.2) is 56.5 Å². The van der Waals surface area contributed by atoms with E-state index in [0.29, 0.717) is 5.56 Å². The Morgan fingerprint density at radius 3 is 2.69 bits per heavy atom. The van der Waals surface area contributed by atoms with Crippen molar-refractivity contribution in [1.82, 2.24) is 19.7 Å². The van der Waals surface area contributed by atoms with Gasteiger partial charge in [0.1, 0.15) is 18.2 Å². The highest BCUT2D eigenvalue weighted by molar-refractivity contribution is 5.93. The number of rotatable bonds is 4. The second-order valence-electron chi connectivity index (χ2n) is 6.07. The van der Waals surface area contributed by atoms with E-state index in [1.807, 2.05) is 0 Å². The molecule has 0 spiro atoms. The van der Waals surface area contributed by atoms with Gasteiger partial charge in [0.25, 0.3) is 5.56 Å². The molecular weight excluding hydrogens is 383 g/mol. The van der Waals surface area contributed by atoms with Gasteiger partial charge in [0, 0.05) is 5.56 Å². The summed E-state index contributed by atoms with van der Waals surface area (Å²) in [6.45, 7) is -0.169. The molecule has 0 saturated heterocycles. The summed E-state index contributed by atoms with van der Waals surface area (Å²) in [4.78, 5) is 43.0. The lowest BCUT2D eigenvalue weighted by Crippen LogP contribution is -2.21. The second kappa shape index (κ2) is 7.15. The number of fused-ring (bicyclic) bond motifs is 1. The summed E-state index contributed by atoms with van der Waals surface area (Å²) in [5.74, 6) is -1.61. The van der Waals surface area contributed by atoms with Gasteiger partial charge in [-0.25, -0.2) is 19.0 Å². The third-order valence-corrected chi connectivity index (χ3v) is 4.17. The number of H-pyrrole nitrogens is 1. The van der Waals surface area contributed by atoms with Crippen molar-refractivity contribution in [2.75, 3.05) is 7.11 Å². The van der Waals surface area contributed by atoms with Crippen LogP contribution < -0.4 is 11.3 Å². The van der Waals surface area contributed by atoms with Crippen molar-refractivity contribution in [3.8, 4) is 11.5 Å². The van der Waals surface area contributed by atoms with E-state index in [-0.39, 0.29) is 34.7 Å². The predicted octanol–water partition coefficient (Wildman–Crippen LogP) is 1.71. The summed E-state index contributed by atoms with van der Waals surface area (Å²) in [6, 6.07) is 9.64. The van der Waals surface area contributed by atoms with E-state index in [9.17, 15) is 18.8 Å². The molecule has 0 amide bonds. The maximum Gasteiger partial charge on any atom is 0.437 e. The summed E-state index contributed by atoms with van der Waals surface area (Å²) in [7, 11) is 1.25. The minimum absolute atomic E-state index is 0.00566. The van der Waals surface area contributed by atoms with E-state index in [1.165, 1.54) is 49.6 Å². The van der Waals surface area contributed by atoms with E-state index in [2.05, 4.69) is 19.8 Å². The molecule has 0 saturated carbocycles. The lowest BCUT2D eigenvalue weighted by atomic mass is 10.1. The first-order chi connectivity index (χ1) is 13.9. The summed E-state index contributed by atoms with van der Waals surface area (Å²) >= 11 is 0. The molecule has 0 aliphatic carbocycles. The smallest absolute Gasteiger partial charge is 0.437 e. The third kappa shape index (κ3) is 3.55. The summed E-state index contributed by atoms with van der Waals surface area (Å²) in [6.07, 6.45) is 0. The molecule has 2 aromatic heterocycles. The Bertz CT molecular complexity index is 1340. The zero-order valence-corrected chi connectivity index (χ0v) is 15.0. The number of carbonyl (C=O) groups excluding carboxylic acids is 1. The monoisotopic (exact) mass is 396 g/mol. The summed E-state index contributed by atoms with van der Waals surface area (Å²) in [5, 5.41) is 4.33. The number of ether oxygens (including phenoxy) is 1. The molecule has 2 aromatic carbocycles. The molecule has 0 fully saturated rings. The van der Waals surface area contributed by atoms with Gasteiger partial charge < -0.3 is 14.1 Å². The molecule has 2 heterocycles. The van der Waals surface area contributed by atoms with E-state index < -0.39 is 23.1 Å². The van der Waals surface area contributed by atoms with Crippen molar-refractivity contribution in [3.63, 3.8) is 0 Å². The number of hydrogen-bond acceptors (Lipinski definition) is 7. The topological polar surface area (TPSA) is 120 Å². The molecular formula is C19H13FN4O5. The van der Waals surface area contributed by atoms with Gasteiger partial charge in [0.15, 0.2) is 0 Å². The van der Waals surface area contributed by atoms with Gasteiger partial charge in [-0.15, -0.1) is 5.10 Å². The van der Waals surface area contributed by atoms with Crippen LogP contribution in [0, 0.1) is 5.82 Å². The molecule has 1 N–H and O–H groups in total. The van der Waals surface area contributed by atoms with E-state index in [4.69, 9.17) is 4.42 Å². The molecule has 0 atom stereocenters. The zero-order valence-electron chi connectivity index (χ0n) is 15.0. The van der Waals surface area contributed by atoms with Crippen LogP contribution in [0.5, 0.6) is 0 Å². The van der Waals surface area contributed by atoms with Crippen LogP contribution in [0.25, 0.3) is 22.4 Å². The quantitative estimate of drug-likeness (QED) is 0.522. The average molecular weight is 396 g/mol. The number of nitrogens with zero attached hydrogens (tertiary/aromatic N) is 3. The maximum absolute atomic E-state index is 13.1. The van der Waals surface area contributed by atoms with Crippen molar-refractivity contribution in [2.45, 2.75) is 6.54 Å². The first kappa shape index (κ1) is 18.3. The molecule has 10 heteroatoms. The molecule has 9 nitrogen and oxygen atoms in total. The molecule has 0 aliphatic rings. The molecule has 0 bridgehead atoms. The minimum Gasteiger partial charge on any atom is -0.465 e. The number of esters is 1.